The molecule has 0 N–H and O–H groups in total. The Kier molecular flexibility index (Phi) is 5.87. The van der Waals surface area contributed by atoms with Crippen LogP contribution < -0.4 is 9.47 Å². The third-order valence-corrected chi connectivity index (χ3v) is 7.88. The highest BCUT2D eigenvalue weighted by atomic mass is 35.5. The number of nitrogens with zero attached hydrogens (tertiary/aromatic N) is 3. The largest absolute Gasteiger partial charge is 0.493 e. The average Bonchev–Trinajstić information content (AvgIpc) is 3.32. The lowest BCUT2D eigenvalue weighted by atomic mass is 9.90. The summed E-state index contributed by atoms with van der Waals surface area (Å²) in [5.74, 6) is 1.61. The number of methoxy groups -OCH3 is 1. The predicted molar refractivity (Wildman–Crippen MR) is 140 cm³/mol. The number of benzene rings is 3. The minimum Gasteiger partial charge on any atom is -0.493 e. The highest BCUT2D eigenvalue weighted by molar-refractivity contribution is 6.37. The van der Waals surface area contributed by atoms with Crippen molar-refractivity contribution >= 4 is 28.9 Å². The maximum Gasteiger partial charge on any atom is 0.200 e. The summed E-state index contributed by atoms with van der Waals surface area (Å²) in [5.41, 5.74) is 3.79. The molecule has 1 spiro atoms. The van der Waals surface area contributed by atoms with E-state index in [1.807, 2.05) is 24.3 Å². The van der Waals surface area contributed by atoms with Crippen molar-refractivity contribution in [2.45, 2.75) is 37.6 Å². The van der Waals surface area contributed by atoms with Crippen molar-refractivity contribution in [2.75, 3.05) is 20.2 Å². The van der Waals surface area contributed by atoms with Crippen molar-refractivity contribution in [3.8, 4) is 11.5 Å². The summed E-state index contributed by atoms with van der Waals surface area (Å²) in [7, 11) is 1.70. The summed E-state index contributed by atoms with van der Waals surface area (Å²) in [6, 6.07) is 22.4. The number of hydrogen-bond donors (Lipinski definition) is 0. The van der Waals surface area contributed by atoms with Gasteiger partial charge in [-0.3, -0.25) is 4.90 Å². The fraction of sp³-hybridized carbons (Fsp3) is 0.321. The Hall–Kier alpha value is -2.73. The summed E-state index contributed by atoms with van der Waals surface area (Å²) in [6.07, 6.45) is 2.44. The predicted octanol–water partition coefficient (Wildman–Crippen LogP) is 6.54. The first-order chi connectivity index (χ1) is 17.1. The lowest BCUT2D eigenvalue weighted by molar-refractivity contribution is -0.151. The Labute approximate surface area is 215 Å². The molecule has 5 nitrogen and oxygen atoms in total. The van der Waals surface area contributed by atoms with Crippen LogP contribution in [-0.2, 0) is 6.54 Å². The molecule has 0 bridgehead atoms. The molecule has 3 aliphatic heterocycles. The van der Waals surface area contributed by atoms with E-state index >= 15 is 0 Å². The fourth-order valence-corrected chi connectivity index (χ4v) is 6.07. The van der Waals surface area contributed by atoms with Gasteiger partial charge in [0.2, 0.25) is 5.72 Å². The minimum absolute atomic E-state index is 0.0660. The van der Waals surface area contributed by atoms with Crippen LogP contribution in [0.5, 0.6) is 11.5 Å². The standard InChI is InChI=1S/C28H27Cl2N3O2/c1-34-26-9-5-8-22-25-17-24(21-11-10-20(29)16-23(21)30)31-33(25)28(35-27(22)26)12-14-32(15-13-28)18-19-6-3-2-4-7-19/h2-11,16,25H,12-15,17-18H2,1H3/t25-/m1/s1. The van der Waals surface area contributed by atoms with Gasteiger partial charge in [0.15, 0.2) is 11.5 Å². The molecule has 0 aromatic heterocycles. The van der Waals surface area contributed by atoms with Crippen molar-refractivity contribution in [3.63, 3.8) is 0 Å². The highest BCUT2D eigenvalue weighted by Gasteiger charge is 2.52. The fourth-order valence-electron chi connectivity index (χ4n) is 5.55. The number of ether oxygens (including phenoxy) is 2. The van der Waals surface area contributed by atoms with Crippen LogP contribution in [0.4, 0.5) is 0 Å². The number of likely N-dealkylation sites (tertiary alicyclic amines) is 1. The molecule has 3 aromatic carbocycles. The maximum atomic E-state index is 6.84. The second-order valence-electron chi connectivity index (χ2n) is 9.42. The van der Waals surface area contributed by atoms with Gasteiger partial charge in [0, 0.05) is 55.0 Å². The highest BCUT2D eigenvalue weighted by Crippen LogP contribution is 2.53. The zero-order chi connectivity index (χ0) is 24.0. The van der Waals surface area contributed by atoms with Gasteiger partial charge in [-0.25, -0.2) is 5.01 Å². The smallest absolute Gasteiger partial charge is 0.200 e. The first-order valence-corrected chi connectivity index (χ1v) is 12.8. The van der Waals surface area contributed by atoms with Gasteiger partial charge in [0.25, 0.3) is 0 Å². The first-order valence-electron chi connectivity index (χ1n) is 12.0. The number of para-hydroxylation sites is 1. The van der Waals surface area contributed by atoms with Crippen molar-refractivity contribution in [1.29, 1.82) is 0 Å². The molecule has 3 aromatic rings. The van der Waals surface area contributed by atoms with Crippen LogP contribution in [0.2, 0.25) is 10.0 Å². The van der Waals surface area contributed by atoms with Crippen LogP contribution in [0, 0.1) is 0 Å². The Morgan fingerprint density at radius 3 is 2.57 bits per heavy atom. The number of halogens is 2. The summed E-state index contributed by atoms with van der Waals surface area (Å²) in [4.78, 5) is 2.49. The van der Waals surface area contributed by atoms with E-state index in [0.29, 0.717) is 10.0 Å². The van der Waals surface area contributed by atoms with Gasteiger partial charge >= 0.3 is 0 Å². The van der Waals surface area contributed by atoms with Gasteiger partial charge in [-0.05, 0) is 23.8 Å². The van der Waals surface area contributed by atoms with Crippen molar-refractivity contribution in [3.05, 3.63) is 93.5 Å². The van der Waals surface area contributed by atoms with Crippen LogP contribution in [0.15, 0.2) is 71.8 Å². The molecule has 0 saturated carbocycles. The molecule has 1 fully saturated rings. The summed E-state index contributed by atoms with van der Waals surface area (Å²) in [5, 5.41) is 8.59. The van der Waals surface area contributed by atoms with Crippen molar-refractivity contribution in [1.82, 2.24) is 9.91 Å². The van der Waals surface area contributed by atoms with Gasteiger partial charge in [-0.1, -0.05) is 71.7 Å². The van der Waals surface area contributed by atoms with Gasteiger partial charge < -0.3 is 9.47 Å². The second kappa shape index (κ2) is 9.05. The number of rotatable bonds is 4. The molecule has 180 valence electrons. The molecular weight excluding hydrogens is 481 g/mol. The lowest BCUT2D eigenvalue weighted by Gasteiger charge is -2.51. The molecule has 7 heteroatoms. The van der Waals surface area contributed by atoms with Gasteiger partial charge in [-0.2, -0.15) is 5.10 Å². The van der Waals surface area contributed by atoms with E-state index in [0.717, 1.165) is 67.2 Å². The second-order valence-corrected chi connectivity index (χ2v) is 10.3. The zero-order valence-corrected chi connectivity index (χ0v) is 21.1. The lowest BCUT2D eigenvalue weighted by Crippen LogP contribution is -2.59. The number of piperidine rings is 1. The van der Waals surface area contributed by atoms with Gasteiger partial charge in [0.05, 0.1) is 23.9 Å². The van der Waals surface area contributed by atoms with E-state index in [-0.39, 0.29) is 6.04 Å². The van der Waals surface area contributed by atoms with Crippen molar-refractivity contribution < 1.29 is 9.47 Å². The Morgan fingerprint density at radius 2 is 1.83 bits per heavy atom. The van der Waals surface area contributed by atoms with E-state index in [2.05, 4.69) is 46.3 Å². The molecule has 6 rings (SSSR count). The van der Waals surface area contributed by atoms with Crippen LogP contribution in [-0.4, -0.2) is 41.5 Å². The van der Waals surface area contributed by atoms with E-state index in [9.17, 15) is 0 Å². The van der Waals surface area contributed by atoms with E-state index in [4.69, 9.17) is 37.8 Å². The van der Waals surface area contributed by atoms with Crippen LogP contribution >= 0.6 is 23.2 Å². The Balaban J connectivity index is 1.34. The van der Waals surface area contributed by atoms with E-state index in [1.54, 1.807) is 13.2 Å². The molecule has 0 radical (unpaired) electrons. The molecule has 0 aliphatic carbocycles. The monoisotopic (exact) mass is 507 g/mol. The summed E-state index contributed by atoms with van der Waals surface area (Å²) in [6.45, 7) is 2.79. The molecule has 3 heterocycles. The molecular formula is C28H27Cl2N3O2. The number of hydrogen-bond acceptors (Lipinski definition) is 5. The van der Waals surface area contributed by atoms with Crippen LogP contribution in [0.25, 0.3) is 0 Å². The van der Waals surface area contributed by atoms with E-state index in [1.165, 1.54) is 5.56 Å². The Morgan fingerprint density at radius 1 is 1.03 bits per heavy atom. The van der Waals surface area contributed by atoms with Crippen LogP contribution in [0.1, 0.15) is 42.0 Å². The van der Waals surface area contributed by atoms with Gasteiger partial charge in [0.1, 0.15) is 0 Å². The molecule has 35 heavy (non-hydrogen) atoms. The molecule has 3 aliphatic rings. The zero-order valence-electron chi connectivity index (χ0n) is 19.6. The maximum absolute atomic E-state index is 6.84. The van der Waals surface area contributed by atoms with Gasteiger partial charge in [-0.15, -0.1) is 0 Å². The third-order valence-electron chi connectivity index (χ3n) is 7.34. The summed E-state index contributed by atoms with van der Waals surface area (Å²) < 4.78 is 12.6. The first kappa shape index (κ1) is 22.7. The molecule has 0 unspecified atom stereocenters. The SMILES string of the molecule is COc1cccc2c1OC1(CCN(Cc3ccccc3)CC1)N1N=C(c3ccc(Cl)cc3Cl)C[C@H]21. The third kappa shape index (κ3) is 4.06. The number of fused-ring (bicyclic) bond motifs is 4. The molecule has 1 saturated heterocycles. The molecule has 1 atom stereocenters. The van der Waals surface area contributed by atoms with Crippen molar-refractivity contribution in [2.24, 2.45) is 5.10 Å². The van der Waals surface area contributed by atoms with Crippen LogP contribution in [0.3, 0.4) is 0 Å². The average molecular weight is 508 g/mol. The molecule has 0 amide bonds. The number of hydrazone groups is 1. The Bertz CT molecular complexity index is 1270. The van der Waals surface area contributed by atoms with E-state index < -0.39 is 5.72 Å². The topological polar surface area (TPSA) is 37.3 Å². The normalized spacial score (nSPS) is 20.7. The minimum atomic E-state index is -0.528. The quantitative estimate of drug-likeness (QED) is 0.401. The summed E-state index contributed by atoms with van der Waals surface area (Å²) >= 11 is 12.7.